The number of aromatic nitrogens is 1. The summed E-state index contributed by atoms with van der Waals surface area (Å²) in [7, 11) is 1.99. The van der Waals surface area contributed by atoms with E-state index in [2.05, 4.69) is 21.7 Å². The summed E-state index contributed by atoms with van der Waals surface area (Å²) in [4.78, 5) is 6.16. The van der Waals surface area contributed by atoms with Crippen molar-refractivity contribution in [2.75, 3.05) is 13.6 Å². The molecule has 0 amide bonds. The number of rotatable bonds is 3. The molecular weight excluding hydrogens is 164 g/mol. The second kappa shape index (κ2) is 4.68. The molecule has 0 aliphatic carbocycles. The highest BCUT2D eigenvalue weighted by molar-refractivity contribution is 4.98. The third-order valence-corrected chi connectivity index (χ3v) is 1.60. The standard InChI is InChI=1S/C10H14N2O/c1-4-5-6-12(3)8-10-11-7-9(2)13-10/h7H,6,8H2,1-3H3. The molecule has 0 radical (unpaired) electrons. The maximum Gasteiger partial charge on any atom is 0.208 e. The Labute approximate surface area is 78.8 Å². The van der Waals surface area contributed by atoms with Crippen LogP contribution < -0.4 is 0 Å². The van der Waals surface area contributed by atoms with Crippen molar-refractivity contribution in [3.63, 3.8) is 0 Å². The number of hydrogen-bond acceptors (Lipinski definition) is 3. The summed E-state index contributed by atoms with van der Waals surface area (Å²) in [6.45, 7) is 5.19. The fourth-order valence-electron chi connectivity index (χ4n) is 0.975. The lowest BCUT2D eigenvalue weighted by molar-refractivity contribution is 0.314. The van der Waals surface area contributed by atoms with Gasteiger partial charge in [0.15, 0.2) is 0 Å². The third kappa shape index (κ3) is 3.30. The Bertz CT molecular complexity index is 319. The number of nitrogens with zero attached hydrogens (tertiary/aromatic N) is 2. The molecule has 0 spiro atoms. The molecule has 0 saturated carbocycles. The van der Waals surface area contributed by atoms with Gasteiger partial charge < -0.3 is 4.42 Å². The first kappa shape index (κ1) is 9.82. The van der Waals surface area contributed by atoms with Crippen molar-refractivity contribution in [2.45, 2.75) is 20.4 Å². The lowest BCUT2D eigenvalue weighted by Gasteiger charge is -2.09. The SMILES string of the molecule is CC#CCN(C)Cc1ncc(C)o1. The Kier molecular flexibility index (Phi) is 3.53. The average Bonchev–Trinajstić information content (AvgIpc) is 2.48. The lowest BCUT2D eigenvalue weighted by atomic mass is 10.5. The molecule has 3 heteroatoms. The smallest absolute Gasteiger partial charge is 0.208 e. The van der Waals surface area contributed by atoms with Crippen LogP contribution in [0.4, 0.5) is 0 Å². The van der Waals surface area contributed by atoms with Crippen LogP contribution in [-0.2, 0) is 6.54 Å². The Morgan fingerprint density at radius 2 is 2.38 bits per heavy atom. The van der Waals surface area contributed by atoms with E-state index in [0.29, 0.717) is 6.54 Å². The van der Waals surface area contributed by atoms with Gasteiger partial charge in [0.25, 0.3) is 0 Å². The maximum absolute atomic E-state index is 5.33. The second-order valence-electron chi connectivity index (χ2n) is 2.96. The zero-order chi connectivity index (χ0) is 9.68. The molecule has 0 atom stereocenters. The normalized spacial score (nSPS) is 9.85. The Hall–Kier alpha value is -1.27. The van der Waals surface area contributed by atoms with Gasteiger partial charge in [0.05, 0.1) is 19.3 Å². The highest BCUT2D eigenvalue weighted by Gasteiger charge is 2.03. The highest BCUT2D eigenvalue weighted by Crippen LogP contribution is 2.03. The van der Waals surface area contributed by atoms with Crippen LogP contribution >= 0.6 is 0 Å². The molecule has 1 aromatic heterocycles. The minimum absolute atomic E-state index is 0.711. The van der Waals surface area contributed by atoms with Crippen molar-refractivity contribution < 1.29 is 4.42 Å². The van der Waals surface area contributed by atoms with E-state index in [0.717, 1.165) is 18.2 Å². The molecule has 13 heavy (non-hydrogen) atoms. The molecule has 1 heterocycles. The van der Waals surface area contributed by atoms with Crippen molar-refractivity contribution in [1.82, 2.24) is 9.88 Å². The molecule has 0 unspecified atom stereocenters. The minimum Gasteiger partial charge on any atom is -0.445 e. The summed E-state index contributed by atoms with van der Waals surface area (Å²) in [5.74, 6) is 7.43. The largest absolute Gasteiger partial charge is 0.445 e. The van der Waals surface area contributed by atoms with Gasteiger partial charge in [-0.1, -0.05) is 5.92 Å². The zero-order valence-corrected chi connectivity index (χ0v) is 8.29. The minimum atomic E-state index is 0.711. The molecule has 0 N–H and O–H groups in total. The summed E-state index contributed by atoms with van der Waals surface area (Å²) >= 11 is 0. The Morgan fingerprint density at radius 1 is 1.62 bits per heavy atom. The molecule has 0 aliphatic heterocycles. The van der Waals surface area contributed by atoms with E-state index in [9.17, 15) is 0 Å². The van der Waals surface area contributed by atoms with Crippen molar-refractivity contribution in [1.29, 1.82) is 0 Å². The molecule has 0 aromatic carbocycles. The molecule has 0 fully saturated rings. The number of hydrogen-bond donors (Lipinski definition) is 0. The van der Waals surface area contributed by atoms with Crippen molar-refractivity contribution in [3.05, 3.63) is 17.8 Å². The predicted molar refractivity (Wildman–Crippen MR) is 51.0 cm³/mol. The van der Waals surface area contributed by atoms with Gasteiger partial charge in [-0.2, -0.15) is 0 Å². The van der Waals surface area contributed by atoms with Crippen LogP contribution in [0.2, 0.25) is 0 Å². The van der Waals surface area contributed by atoms with Gasteiger partial charge in [-0.25, -0.2) is 4.98 Å². The molecule has 70 valence electrons. The topological polar surface area (TPSA) is 29.3 Å². The van der Waals surface area contributed by atoms with Crippen molar-refractivity contribution in [3.8, 4) is 11.8 Å². The summed E-state index contributed by atoms with van der Waals surface area (Å²) in [6, 6.07) is 0. The van der Waals surface area contributed by atoms with E-state index in [-0.39, 0.29) is 0 Å². The first-order chi connectivity index (χ1) is 6.22. The fraction of sp³-hybridized carbons (Fsp3) is 0.500. The van der Waals surface area contributed by atoms with Crippen LogP contribution in [0.5, 0.6) is 0 Å². The van der Waals surface area contributed by atoms with Crippen LogP contribution in [0.25, 0.3) is 0 Å². The molecule has 3 nitrogen and oxygen atoms in total. The summed E-state index contributed by atoms with van der Waals surface area (Å²) in [5, 5.41) is 0. The first-order valence-corrected chi connectivity index (χ1v) is 4.22. The molecule has 1 aromatic rings. The molecular formula is C10H14N2O. The molecule has 0 saturated heterocycles. The highest BCUT2D eigenvalue weighted by atomic mass is 16.4. The van der Waals surface area contributed by atoms with E-state index < -0.39 is 0 Å². The number of oxazole rings is 1. The van der Waals surface area contributed by atoms with Crippen LogP contribution in [-0.4, -0.2) is 23.5 Å². The summed E-state index contributed by atoms with van der Waals surface area (Å²) < 4.78 is 5.33. The lowest BCUT2D eigenvalue weighted by Crippen LogP contribution is -2.17. The first-order valence-electron chi connectivity index (χ1n) is 4.22. The van der Waals surface area contributed by atoms with Crippen molar-refractivity contribution in [2.24, 2.45) is 0 Å². The maximum atomic E-state index is 5.33. The predicted octanol–water partition coefficient (Wildman–Crippen LogP) is 1.44. The van der Waals surface area contributed by atoms with E-state index in [1.807, 2.05) is 20.9 Å². The summed E-state index contributed by atoms with van der Waals surface area (Å²) in [6.07, 6.45) is 1.73. The van der Waals surface area contributed by atoms with E-state index in [1.165, 1.54) is 0 Å². The second-order valence-corrected chi connectivity index (χ2v) is 2.96. The van der Waals surface area contributed by atoms with Gasteiger partial charge in [-0.05, 0) is 20.9 Å². The average molecular weight is 178 g/mol. The van der Waals surface area contributed by atoms with Gasteiger partial charge in [0.2, 0.25) is 5.89 Å². The molecule has 0 aliphatic rings. The number of aryl methyl sites for hydroxylation is 1. The Balaban J connectivity index is 2.43. The Morgan fingerprint density at radius 3 is 2.92 bits per heavy atom. The van der Waals surface area contributed by atoms with E-state index in [4.69, 9.17) is 4.42 Å². The monoisotopic (exact) mass is 178 g/mol. The van der Waals surface area contributed by atoms with Gasteiger partial charge >= 0.3 is 0 Å². The summed E-state index contributed by atoms with van der Waals surface area (Å²) in [5.41, 5.74) is 0. The van der Waals surface area contributed by atoms with Crippen LogP contribution in [0.1, 0.15) is 18.6 Å². The zero-order valence-electron chi connectivity index (χ0n) is 8.29. The van der Waals surface area contributed by atoms with Gasteiger partial charge in [0, 0.05) is 0 Å². The van der Waals surface area contributed by atoms with Crippen molar-refractivity contribution >= 4 is 0 Å². The van der Waals surface area contributed by atoms with Gasteiger partial charge in [-0.3, -0.25) is 4.90 Å². The third-order valence-electron chi connectivity index (χ3n) is 1.60. The molecule has 0 bridgehead atoms. The van der Waals surface area contributed by atoms with Gasteiger partial charge in [0.1, 0.15) is 5.76 Å². The fourth-order valence-corrected chi connectivity index (χ4v) is 0.975. The van der Waals surface area contributed by atoms with E-state index >= 15 is 0 Å². The van der Waals surface area contributed by atoms with Crippen LogP contribution in [0.15, 0.2) is 10.6 Å². The van der Waals surface area contributed by atoms with Crippen LogP contribution in [0, 0.1) is 18.8 Å². The van der Waals surface area contributed by atoms with Gasteiger partial charge in [-0.15, -0.1) is 5.92 Å². The quantitative estimate of drug-likeness (QED) is 0.656. The molecule has 1 rings (SSSR count). The van der Waals surface area contributed by atoms with Crippen LogP contribution in [0.3, 0.4) is 0 Å². The van der Waals surface area contributed by atoms with E-state index in [1.54, 1.807) is 6.20 Å².